The predicted molar refractivity (Wildman–Crippen MR) is 89.5 cm³/mol. The third kappa shape index (κ3) is 3.86. The van der Waals surface area contributed by atoms with E-state index in [1.165, 1.54) is 32.1 Å². The number of aromatic nitrogens is 2. The van der Waals surface area contributed by atoms with E-state index in [0.717, 1.165) is 23.1 Å². The van der Waals surface area contributed by atoms with Crippen LogP contribution >= 0.6 is 0 Å². The minimum absolute atomic E-state index is 0.0865. The first-order valence-electron chi connectivity index (χ1n) is 8.22. The standard InChI is InChI=1S/C17H30N4/c1-6-12-8-7-9-13(10-12)19-15-11(2)14(18)20-16(21-15)17(3,4)5/h12-13H,6-10H2,1-5H3,(H3,18,19,20,21). The topological polar surface area (TPSA) is 63.8 Å². The fourth-order valence-electron chi connectivity index (χ4n) is 3.00. The van der Waals surface area contributed by atoms with Crippen LogP contribution in [-0.2, 0) is 5.41 Å². The van der Waals surface area contributed by atoms with E-state index in [1.807, 2.05) is 6.92 Å². The number of nitrogens with two attached hydrogens (primary N) is 1. The van der Waals surface area contributed by atoms with Gasteiger partial charge in [0, 0.05) is 17.0 Å². The van der Waals surface area contributed by atoms with Gasteiger partial charge in [0.1, 0.15) is 17.5 Å². The number of nitrogens with zero attached hydrogens (tertiary/aromatic N) is 2. The molecule has 0 spiro atoms. The highest BCUT2D eigenvalue weighted by Crippen LogP contribution is 2.30. The first-order chi connectivity index (χ1) is 9.81. The molecular formula is C17H30N4. The molecule has 0 amide bonds. The van der Waals surface area contributed by atoms with Crippen molar-refractivity contribution >= 4 is 11.6 Å². The molecule has 118 valence electrons. The van der Waals surface area contributed by atoms with Gasteiger partial charge in [0.2, 0.25) is 0 Å². The van der Waals surface area contributed by atoms with Gasteiger partial charge in [-0.2, -0.15) is 0 Å². The summed E-state index contributed by atoms with van der Waals surface area (Å²) in [5, 5.41) is 3.64. The lowest BCUT2D eigenvalue weighted by Crippen LogP contribution is -2.29. The Labute approximate surface area is 128 Å². The van der Waals surface area contributed by atoms with E-state index >= 15 is 0 Å². The molecule has 0 saturated heterocycles. The molecule has 1 aliphatic rings. The summed E-state index contributed by atoms with van der Waals surface area (Å²) in [6.07, 6.45) is 6.42. The SMILES string of the molecule is CCC1CCCC(Nc2nc(C(C)(C)C)nc(N)c2C)C1. The van der Waals surface area contributed by atoms with Gasteiger partial charge in [0.05, 0.1) is 0 Å². The van der Waals surface area contributed by atoms with Crippen molar-refractivity contribution in [1.29, 1.82) is 0 Å². The molecule has 0 aliphatic heterocycles. The number of anilines is 2. The highest BCUT2D eigenvalue weighted by atomic mass is 15.1. The predicted octanol–water partition coefficient (Wildman–Crippen LogP) is 4.05. The fourth-order valence-corrected chi connectivity index (χ4v) is 3.00. The van der Waals surface area contributed by atoms with Gasteiger partial charge in [0.25, 0.3) is 0 Å². The van der Waals surface area contributed by atoms with Gasteiger partial charge in [-0.3, -0.25) is 0 Å². The Bertz CT molecular complexity index is 490. The number of hydrogen-bond acceptors (Lipinski definition) is 4. The van der Waals surface area contributed by atoms with Crippen LogP contribution in [0.2, 0.25) is 0 Å². The van der Waals surface area contributed by atoms with Crippen LogP contribution < -0.4 is 11.1 Å². The Kier molecular flexibility index (Phi) is 4.74. The molecule has 21 heavy (non-hydrogen) atoms. The Balaban J connectivity index is 2.21. The van der Waals surface area contributed by atoms with Crippen molar-refractivity contribution < 1.29 is 0 Å². The van der Waals surface area contributed by atoms with Gasteiger partial charge in [-0.1, -0.05) is 47.0 Å². The first kappa shape index (κ1) is 16.1. The maximum Gasteiger partial charge on any atom is 0.138 e. The second-order valence-corrected chi connectivity index (χ2v) is 7.44. The lowest BCUT2D eigenvalue weighted by atomic mass is 9.84. The fraction of sp³-hybridized carbons (Fsp3) is 0.765. The summed E-state index contributed by atoms with van der Waals surface area (Å²) in [5.74, 6) is 3.18. The third-order valence-electron chi connectivity index (χ3n) is 4.56. The van der Waals surface area contributed by atoms with Gasteiger partial charge in [-0.05, 0) is 25.7 Å². The highest BCUT2D eigenvalue weighted by molar-refractivity contribution is 5.55. The van der Waals surface area contributed by atoms with Crippen LogP contribution in [0.15, 0.2) is 0 Å². The Morgan fingerprint density at radius 2 is 1.95 bits per heavy atom. The van der Waals surface area contributed by atoms with Gasteiger partial charge in [-0.25, -0.2) is 9.97 Å². The quantitative estimate of drug-likeness (QED) is 0.881. The second-order valence-electron chi connectivity index (χ2n) is 7.44. The molecule has 2 rings (SSSR count). The van der Waals surface area contributed by atoms with Crippen LogP contribution in [0.1, 0.15) is 71.2 Å². The summed E-state index contributed by atoms with van der Waals surface area (Å²) in [6.45, 7) is 10.7. The van der Waals surface area contributed by atoms with Gasteiger partial charge >= 0.3 is 0 Å². The molecule has 1 fully saturated rings. The molecule has 1 saturated carbocycles. The summed E-state index contributed by atoms with van der Waals surface area (Å²) >= 11 is 0. The Morgan fingerprint density at radius 1 is 1.24 bits per heavy atom. The van der Waals surface area contributed by atoms with Crippen LogP contribution in [0.25, 0.3) is 0 Å². The van der Waals surface area contributed by atoms with E-state index in [4.69, 9.17) is 10.7 Å². The molecule has 0 aromatic carbocycles. The van der Waals surface area contributed by atoms with Crippen molar-refractivity contribution in [3.63, 3.8) is 0 Å². The normalized spacial score (nSPS) is 23.1. The Hall–Kier alpha value is -1.32. The summed E-state index contributed by atoms with van der Waals surface area (Å²) in [4.78, 5) is 9.20. The smallest absolute Gasteiger partial charge is 0.138 e. The molecule has 4 heteroatoms. The number of hydrogen-bond donors (Lipinski definition) is 2. The summed E-state index contributed by atoms with van der Waals surface area (Å²) in [6, 6.07) is 0.518. The molecule has 0 radical (unpaired) electrons. The molecular weight excluding hydrogens is 260 g/mol. The van der Waals surface area contributed by atoms with Crippen molar-refractivity contribution in [1.82, 2.24) is 9.97 Å². The minimum atomic E-state index is -0.0865. The second kappa shape index (κ2) is 6.20. The van der Waals surface area contributed by atoms with Crippen LogP contribution in [-0.4, -0.2) is 16.0 Å². The molecule has 1 aromatic heterocycles. The molecule has 1 aliphatic carbocycles. The van der Waals surface area contributed by atoms with Crippen LogP contribution in [0, 0.1) is 12.8 Å². The average molecular weight is 290 g/mol. The first-order valence-corrected chi connectivity index (χ1v) is 8.22. The van der Waals surface area contributed by atoms with E-state index in [0.29, 0.717) is 11.9 Å². The van der Waals surface area contributed by atoms with E-state index in [2.05, 4.69) is 38.0 Å². The molecule has 2 unspecified atom stereocenters. The molecule has 0 bridgehead atoms. The van der Waals surface area contributed by atoms with E-state index in [-0.39, 0.29) is 5.41 Å². The molecule has 3 N–H and O–H groups in total. The van der Waals surface area contributed by atoms with Gasteiger partial charge in [0.15, 0.2) is 0 Å². The largest absolute Gasteiger partial charge is 0.383 e. The molecule has 1 aromatic rings. The minimum Gasteiger partial charge on any atom is -0.383 e. The Morgan fingerprint density at radius 3 is 2.57 bits per heavy atom. The molecule has 1 heterocycles. The molecule has 2 atom stereocenters. The molecule has 4 nitrogen and oxygen atoms in total. The summed E-state index contributed by atoms with van der Waals surface area (Å²) in [5.41, 5.74) is 6.97. The van der Waals surface area contributed by atoms with E-state index in [1.54, 1.807) is 0 Å². The highest BCUT2D eigenvalue weighted by Gasteiger charge is 2.24. The van der Waals surface area contributed by atoms with Crippen LogP contribution in [0.4, 0.5) is 11.6 Å². The van der Waals surface area contributed by atoms with Crippen molar-refractivity contribution in [2.24, 2.45) is 5.92 Å². The van der Waals surface area contributed by atoms with Gasteiger partial charge in [-0.15, -0.1) is 0 Å². The zero-order valence-corrected chi connectivity index (χ0v) is 14.2. The zero-order chi connectivity index (χ0) is 15.6. The van der Waals surface area contributed by atoms with Crippen molar-refractivity contribution in [2.75, 3.05) is 11.1 Å². The maximum atomic E-state index is 6.09. The van der Waals surface area contributed by atoms with Gasteiger partial charge < -0.3 is 11.1 Å². The number of nitrogen functional groups attached to an aromatic ring is 1. The summed E-state index contributed by atoms with van der Waals surface area (Å²) in [7, 11) is 0. The number of nitrogens with one attached hydrogen (secondary N) is 1. The summed E-state index contributed by atoms with van der Waals surface area (Å²) < 4.78 is 0. The van der Waals surface area contributed by atoms with Crippen molar-refractivity contribution in [2.45, 2.75) is 78.2 Å². The lowest BCUT2D eigenvalue weighted by molar-refractivity contribution is 0.327. The monoisotopic (exact) mass is 290 g/mol. The van der Waals surface area contributed by atoms with Crippen molar-refractivity contribution in [3.05, 3.63) is 11.4 Å². The van der Waals surface area contributed by atoms with Crippen LogP contribution in [0.5, 0.6) is 0 Å². The van der Waals surface area contributed by atoms with Crippen molar-refractivity contribution in [3.8, 4) is 0 Å². The number of rotatable bonds is 3. The van der Waals surface area contributed by atoms with E-state index < -0.39 is 0 Å². The third-order valence-corrected chi connectivity index (χ3v) is 4.56. The van der Waals surface area contributed by atoms with Crippen LogP contribution in [0.3, 0.4) is 0 Å². The van der Waals surface area contributed by atoms with E-state index in [9.17, 15) is 0 Å². The average Bonchev–Trinajstić information content (AvgIpc) is 2.42. The maximum absolute atomic E-state index is 6.09. The zero-order valence-electron chi connectivity index (χ0n) is 14.2. The lowest BCUT2D eigenvalue weighted by Gasteiger charge is -2.30.